The molecule has 0 N–H and O–H groups in total. The van der Waals surface area contributed by atoms with Crippen molar-refractivity contribution in [2.75, 3.05) is 58.3 Å². The number of hydrogen-bond donors (Lipinski definition) is 0. The molecule has 16 heavy (non-hydrogen) atoms. The third kappa shape index (κ3) is 3.19. The van der Waals surface area contributed by atoms with E-state index in [0.29, 0.717) is 5.41 Å². The Balaban J connectivity index is 1.86. The second-order valence-electron chi connectivity index (χ2n) is 5.33. The van der Waals surface area contributed by atoms with E-state index in [9.17, 15) is 0 Å². The molecule has 94 valence electrons. The quantitative estimate of drug-likeness (QED) is 0.732. The van der Waals surface area contributed by atoms with E-state index in [-0.39, 0.29) is 0 Å². The molecular weight excluding hydrogens is 268 g/mol. The van der Waals surface area contributed by atoms with Gasteiger partial charge in [0, 0.05) is 51.3 Å². The van der Waals surface area contributed by atoms with Crippen molar-refractivity contribution in [3.8, 4) is 0 Å². The van der Waals surface area contributed by atoms with E-state index in [1.54, 1.807) is 0 Å². The number of hydrogen-bond acceptors (Lipinski definition) is 3. The lowest BCUT2D eigenvalue weighted by Crippen LogP contribution is -2.50. The molecule has 2 heterocycles. The van der Waals surface area contributed by atoms with E-state index >= 15 is 0 Å². The number of rotatable bonds is 3. The highest BCUT2D eigenvalue weighted by molar-refractivity contribution is 9.09. The van der Waals surface area contributed by atoms with Gasteiger partial charge in [0.25, 0.3) is 0 Å². The van der Waals surface area contributed by atoms with Gasteiger partial charge in [0.15, 0.2) is 0 Å². The molecule has 2 fully saturated rings. The van der Waals surface area contributed by atoms with Gasteiger partial charge in [0.2, 0.25) is 0 Å². The Morgan fingerprint density at radius 3 is 2.31 bits per heavy atom. The van der Waals surface area contributed by atoms with Gasteiger partial charge < -0.3 is 14.5 Å². The summed E-state index contributed by atoms with van der Waals surface area (Å²) < 4.78 is 5.49. The van der Waals surface area contributed by atoms with Crippen molar-refractivity contribution in [2.24, 2.45) is 5.41 Å². The summed E-state index contributed by atoms with van der Waals surface area (Å²) in [6, 6.07) is 0. The Morgan fingerprint density at radius 1 is 1.12 bits per heavy atom. The van der Waals surface area contributed by atoms with Crippen LogP contribution in [0.15, 0.2) is 0 Å². The Morgan fingerprint density at radius 2 is 1.75 bits per heavy atom. The summed E-state index contributed by atoms with van der Waals surface area (Å²) in [6.07, 6.45) is 2.43. The molecule has 0 saturated carbocycles. The highest BCUT2D eigenvalue weighted by Crippen LogP contribution is 2.33. The normalized spacial score (nSPS) is 28.1. The molecule has 0 aliphatic carbocycles. The minimum atomic E-state index is 0.466. The smallest absolute Gasteiger partial charge is 0.0472 e. The zero-order valence-corrected chi connectivity index (χ0v) is 11.8. The number of nitrogens with zero attached hydrogens (tertiary/aromatic N) is 2. The Hall–Kier alpha value is 0.360. The van der Waals surface area contributed by atoms with Crippen LogP contribution in [0.1, 0.15) is 12.8 Å². The predicted molar refractivity (Wildman–Crippen MR) is 70.2 cm³/mol. The van der Waals surface area contributed by atoms with E-state index in [1.807, 2.05) is 0 Å². The first-order chi connectivity index (χ1) is 7.74. The first kappa shape index (κ1) is 12.8. The fourth-order valence-corrected chi connectivity index (χ4v) is 3.36. The SMILES string of the molecule is CN1CCN(CC2(CBr)CCOCC2)CC1. The average molecular weight is 291 g/mol. The topological polar surface area (TPSA) is 15.7 Å². The van der Waals surface area contributed by atoms with E-state index < -0.39 is 0 Å². The lowest BCUT2D eigenvalue weighted by atomic mass is 9.81. The van der Waals surface area contributed by atoms with Gasteiger partial charge in [0.1, 0.15) is 0 Å². The third-order valence-corrected chi connectivity index (χ3v) is 5.18. The monoisotopic (exact) mass is 290 g/mol. The first-order valence-corrected chi connectivity index (χ1v) is 7.41. The first-order valence-electron chi connectivity index (χ1n) is 6.29. The van der Waals surface area contributed by atoms with Gasteiger partial charge in [-0.1, -0.05) is 15.9 Å². The Kier molecular flexibility index (Phi) is 4.65. The molecule has 0 spiro atoms. The van der Waals surface area contributed by atoms with Crippen molar-refractivity contribution >= 4 is 15.9 Å². The van der Waals surface area contributed by atoms with E-state index in [2.05, 4.69) is 32.8 Å². The van der Waals surface area contributed by atoms with E-state index in [1.165, 1.54) is 45.6 Å². The van der Waals surface area contributed by atoms with Gasteiger partial charge in [-0.25, -0.2) is 0 Å². The third-order valence-electron chi connectivity index (χ3n) is 3.99. The molecule has 0 unspecified atom stereocenters. The van der Waals surface area contributed by atoms with Gasteiger partial charge >= 0.3 is 0 Å². The highest BCUT2D eigenvalue weighted by atomic mass is 79.9. The van der Waals surface area contributed by atoms with Crippen molar-refractivity contribution in [3.63, 3.8) is 0 Å². The minimum absolute atomic E-state index is 0.466. The maximum Gasteiger partial charge on any atom is 0.0472 e. The lowest BCUT2D eigenvalue weighted by Gasteiger charge is -2.42. The molecule has 2 aliphatic rings. The largest absolute Gasteiger partial charge is 0.381 e. The van der Waals surface area contributed by atoms with Gasteiger partial charge in [-0.15, -0.1) is 0 Å². The van der Waals surface area contributed by atoms with Crippen LogP contribution in [0.3, 0.4) is 0 Å². The van der Waals surface area contributed by atoms with Gasteiger partial charge in [-0.2, -0.15) is 0 Å². The summed E-state index contributed by atoms with van der Waals surface area (Å²) >= 11 is 3.71. The molecule has 0 radical (unpaired) electrons. The van der Waals surface area contributed by atoms with Crippen molar-refractivity contribution in [1.82, 2.24) is 9.80 Å². The second kappa shape index (κ2) is 5.80. The van der Waals surface area contributed by atoms with E-state index in [4.69, 9.17) is 4.74 Å². The fourth-order valence-electron chi connectivity index (χ4n) is 2.62. The maximum absolute atomic E-state index is 5.49. The number of likely N-dealkylation sites (N-methyl/N-ethyl adjacent to an activating group) is 1. The van der Waals surface area contributed by atoms with Gasteiger partial charge in [-0.05, 0) is 25.3 Å². The average Bonchev–Trinajstić information content (AvgIpc) is 2.33. The van der Waals surface area contributed by atoms with Crippen LogP contribution in [0.5, 0.6) is 0 Å². The summed E-state index contributed by atoms with van der Waals surface area (Å²) in [5.74, 6) is 0. The van der Waals surface area contributed by atoms with Crippen LogP contribution in [-0.4, -0.2) is 68.1 Å². The molecule has 0 amide bonds. The maximum atomic E-state index is 5.49. The van der Waals surface area contributed by atoms with Gasteiger partial charge in [-0.3, -0.25) is 0 Å². The molecule has 0 aromatic carbocycles. The molecular formula is C12H23BrN2O. The van der Waals surface area contributed by atoms with Crippen LogP contribution < -0.4 is 0 Å². The zero-order chi connectivity index (χ0) is 11.4. The van der Waals surface area contributed by atoms with Crippen LogP contribution in [0, 0.1) is 5.41 Å². The molecule has 0 aromatic heterocycles. The lowest BCUT2D eigenvalue weighted by molar-refractivity contribution is 0.00112. The molecule has 2 rings (SSSR count). The van der Waals surface area contributed by atoms with Crippen molar-refractivity contribution < 1.29 is 4.74 Å². The summed E-state index contributed by atoms with van der Waals surface area (Å²) in [5, 5.41) is 1.12. The van der Waals surface area contributed by atoms with Crippen LogP contribution in [-0.2, 0) is 4.74 Å². The molecule has 3 nitrogen and oxygen atoms in total. The van der Waals surface area contributed by atoms with Crippen molar-refractivity contribution in [2.45, 2.75) is 12.8 Å². The number of halogens is 1. The number of alkyl halides is 1. The Labute approximate surface area is 107 Å². The van der Waals surface area contributed by atoms with Crippen molar-refractivity contribution in [3.05, 3.63) is 0 Å². The highest BCUT2D eigenvalue weighted by Gasteiger charge is 2.34. The summed E-state index contributed by atoms with van der Waals surface area (Å²) in [4.78, 5) is 5.05. The Bertz CT molecular complexity index is 211. The molecule has 2 aliphatic heterocycles. The van der Waals surface area contributed by atoms with Crippen LogP contribution in [0.25, 0.3) is 0 Å². The van der Waals surface area contributed by atoms with Crippen molar-refractivity contribution in [1.29, 1.82) is 0 Å². The van der Waals surface area contributed by atoms with E-state index in [0.717, 1.165) is 18.5 Å². The summed E-state index contributed by atoms with van der Waals surface area (Å²) in [5.41, 5.74) is 0.466. The molecule has 0 atom stereocenters. The zero-order valence-electron chi connectivity index (χ0n) is 10.3. The number of ether oxygens (including phenoxy) is 1. The molecule has 0 aromatic rings. The van der Waals surface area contributed by atoms with Crippen LogP contribution in [0.2, 0.25) is 0 Å². The van der Waals surface area contributed by atoms with Crippen LogP contribution >= 0.6 is 15.9 Å². The standard InChI is InChI=1S/C12H23BrN2O/c1-14-4-6-15(7-5-14)11-12(10-13)2-8-16-9-3-12/h2-11H2,1H3. The predicted octanol–water partition coefficient (Wildman–Crippen LogP) is 1.43. The fraction of sp³-hybridized carbons (Fsp3) is 1.00. The minimum Gasteiger partial charge on any atom is -0.381 e. The number of piperazine rings is 1. The molecule has 2 saturated heterocycles. The molecule has 4 heteroatoms. The second-order valence-corrected chi connectivity index (χ2v) is 5.89. The molecule has 0 bridgehead atoms. The van der Waals surface area contributed by atoms with Crippen LogP contribution in [0.4, 0.5) is 0 Å². The summed E-state index contributed by atoms with van der Waals surface area (Å²) in [6.45, 7) is 8.02. The van der Waals surface area contributed by atoms with Gasteiger partial charge in [0.05, 0.1) is 0 Å². The summed E-state index contributed by atoms with van der Waals surface area (Å²) in [7, 11) is 2.21.